The van der Waals surface area contributed by atoms with Crippen LogP contribution in [0.3, 0.4) is 0 Å². The van der Waals surface area contributed by atoms with Gasteiger partial charge in [0.05, 0.1) is 16.3 Å². The lowest BCUT2D eigenvalue weighted by atomic mass is 10.2. The highest BCUT2D eigenvalue weighted by molar-refractivity contribution is 8.27. The molecule has 0 unspecified atom stereocenters. The molecule has 0 aliphatic carbocycles. The second-order valence-electron chi connectivity index (χ2n) is 6.45. The molecule has 4 rings (SSSR count). The second kappa shape index (κ2) is 7.67. The minimum atomic E-state index is -0.328. The van der Waals surface area contributed by atoms with Gasteiger partial charge in [-0.2, -0.15) is 0 Å². The molecule has 0 saturated carbocycles. The van der Waals surface area contributed by atoms with E-state index < -0.39 is 0 Å². The highest BCUT2D eigenvalue weighted by Gasteiger charge is 2.37. The third-order valence-corrected chi connectivity index (χ3v) is 6.38. The number of rotatable bonds is 3. The van der Waals surface area contributed by atoms with E-state index in [9.17, 15) is 9.59 Å². The van der Waals surface area contributed by atoms with Crippen molar-refractivity contribution in [3.05, 3.63) is 86.1 Å². The maximum atomic E-state index is 13.2. The van der Waals surface area contributed by atoms with Gasteiger partial charge >= 0.3 is 0 Å². The van der Waals surface area contributed by atoms with Crippen LogP contribution < -0.4 is 10.5 Å². The Balaban J connectivity index is 1.80. The Kier molecular flexibility index (Phi) is 5.21. The summed E-state index contributed by atoms with van der Waals surface area (Å²) < 4.78 is 3.57. The maximum absolute atomic E-state index is 13.2. The zero-order valence-corrected chi connectivity index (χ0v) is 18.0. The van der Waals surface area contributed by atoms with Crippen molar-refractivity contribution in [3.8, 4) is 5.69 Å². The second-order valence-corrected chi connectivity index (χ2v) is 8.53. The lowest BCUT2D eigenvalue weighted by molar-refractivity contribution is -0.113. The topological polar surface area (TPSA) is 47.2 Å². The highest BCUT2D eigenvalue weighted by Crippen LogP contribution is 2.37. The highest BCUT2D eigenvalue weighted by atomic mass is 35.5. The van der Waals surface area contributed by atoms with Crippen LogP contribution in [0, 0.1) is 6.92 Å². The molecule has 0 bridgehead atoms. The molecule has 2 aromatic carbocycles. The third kappa shape index (κ3) is 3.35. The first-order chi connectivity index (χ1) is 13.9. The molecular formula is C21H16ClN3O2S2. The fraction of sp³-hybridized carbons (Fsp3) is 0.0952. The Bertz CT molecular complexity index is 1230. The molecule has 1 amide bonds. The number of thioether (sulfide) groups is 1. The summed E-state index contributed by atoms with van der Waals surface area (Å²) >= 11 is 12.8. The van der Waals surface area contributed by atoms with Gasteiger partial charge in [0.25, 0.3) is 11.5 Å². The number of nitrogens with zero attached hydrogens (tertiary/aromatic N) is 3. The number of carbonyl (C=O) groups is 1. The summed E-state index contributed by atoms with van der Waals surface area (Å²) in [5, 5.41) is 0.542. The number of aromatic nitrogens is 2. The van der Waals surface area contributed by atoms with Crippen molar-refractivity contribution < 1.29 is 4.79 Å². The van der Waals surface area contributed by atoms with Gasteiger partial charge in [-0.3, -0.25) is 19.2 Å². The van der Waals surface area contributed by atoms with Gasteiger partial charge in [-0.1, -0.05) is 72.0 Å². The van der Waals surface area contributed by atoms with Gasteiger partial charge in [0, 0.05) is 12.1 Å². The van der Waals surface area contributed by atoms with Crippen molar-refractivity contribution >= 4 is 57.6 Å². The molecule has 146 valence electrons. The minimum Gasteiger partial charge on any atom is -0.283 e. The average molecular weight is 442 g/mol. The Morgan fingerprint density at radius 2 is 1.69 bits per heavy atom. The number of anilines is 1. The molecule has 3 aromatic rings. The van der Waals surface area contributed by atoms with Crippen molar-refractivity contribution in [2.75, 3.05) is 4.90 Å². The molecule has 0 N–H and O–H groups in total. The fourth-order valence-corrected chi connectivity index (χ4v) is 4.66. The van der Waals surface area contributed by atoms with Crippen molar-refractivity contribution in [1.82, 2.24) is 9.36 Å². The number of para-hydroxylation sites is 1. The summed E-state index contributed by atoms with van der Waals surface area (Å²) in [6.07, 6.45) is 1.70. The fourth-order valence-electron chi connectivity index (χ4n) is 3.21. The van der Waals surface area contributed by atoms with Crippen molar-refractivity contribution in [2.45, 2.75) is 6.92 Å². The minimum absolute atomic E-state index is 0.265. The Morgan fingerprint density at radius 1 is 1.03 bits per heavy atom. The van der Waals surface area contributed by atoms with Crippen molar-refractivity contribution in [2.24, 2.45) is 7.05 Å². The molecule has 1 saturated heterocycles. The van der Waals surface area contributed by atoms with E-state index in [4.69, 9.17) is 23.8 Å². The van der Waals surface area contributed by atoms with E-state index in [0.29, 0.717) is 25.6 Å². The summed E-state index contributed by atoms with van der Waals surface area (Å²) in [6, 6.07) is 16.5. The van der Waals surface area contributed by atoms with Crippen LogP contribution in [-0.2, 0) is 11.8 Å². The van der Waals surface area contributed by atoms with Crippen LogP contribution in [0.2, 0.25) is 5.02 Å². The van der Waals surface area contributed by atoms with Gasteiger partial charge in [-0.25, -0.2) is 4.68 Å². The van der Waals surface area contributed by atoms with E-state index >= 15 is 0 Å². The lowest BCUT2D eigenvalue weighted by Gasteiger charge is -2.12. The predicted molar refractivity (Wildman–Crippen MR) is 123 cm³/mol. The van der Waals surface area contributed by atoms with E-state index in [1.165, 1.54) is 9.58 Å². The molecule has 0 spiro atoms. The summed E-state index contributed by atoms with van der Waals surface area (Å²) in [5.41, 5.74) is 2.05. The van der Waals surface area contributed by atoms with Crippen LogP contribution in [0.25, 0.3) is 11.8 Å². The van der Waals surface area contributed by atoms with Gasteiger partial charge in [-0.05, 0) is 36.8 Å². The number of amides is 1. The predicted octanol–water partition coefficient (Wildman–Crippen LogP) is 4.54. The SMILES string of the molecule is Cc1c(N2C(=O)C(=Cc3ccccc3Cl)SC2=S)c(=O)n(-c2ccccc2)n1C. The molecule has 8 heteroatoms. The first-order valence-corrected chi connectivity index (χ1v) is 10.4. The quantitative estimate of drug-likeness (QED) is 0.442. The van der Waals surface area contributed by atoms with Gasteiger partial charge in [0.15, 0.2) is 4.32 Å². The van der Waals surface area contributed by atoms with Gasteiger partial charge in [0.2, 0.25) is 0 Å². The maximum Gasteiger partial charge on any atom is 0.296 e. The number of hydrogen-bond acceptors (Lipinski definition) is 4. The summed E-state index contributed by atoms with van der Waals surface area (Å²) in [7, 11) is 1.78. The number of halogens is 1. The normalized spacial score (nSPS) is 15.6. The van der Waals surface area contributed by atoms with E-state index in [2.05, 4.69) is 0 Å². The van der Waals surface area contributed by atoms with E-state index in [1.54, 1.807) is 30.8 Å². The molecule has 0 atom stereocenters. The first-order valence-electron chi connectivity index (χ1n) is 8.76. The third-order valence-electron chi connectivity index (χ3n) is 4.73. The number of carbonyl (C=O) groups excluding carboxylic acids is 1. The summed E-state index contributed by atoms with van der Waals surface area (Å²) in [5.74, 6) is -0.328. The zero-order chi connectivity index (χ0) is 20.7. The van der Waals surface area contributed by atoms with Crippen molar-refractivity contribution in [3.63, 3.8) is 0 Å². The Morgan fingerprint density at radius 3 is 2.38 bits per heavy atom. The van der Waals surface area contributed by atoms with E-state index in [0.717, 1.165) is 17.3 Å². The number of hydrogen-bond donors (Lipinski definition) is 0. The standard InChI is InChI=1S/C21H16ClN3O2S2/c1-13-18(20(27)25(23(13)2)15-9-4-3-5-10-15)24-19(26)17(29-21(24)28)12-14-8-6-7-11-16(14)22/h3-12H,1-2H3. The molecule has 29 heavy (non-hydrogen) atoms. The molecule has 2 heterocycles. The average Bonchev–Trinajstić information content (AvgIpc) is 3.10. The molecule has 1 fully saturated rings. The largest absolute Gasteiger partial charge is 0.296 e. The monoisotopic (exact) mass is 441 g/mol. The van der Waals surface area contributed by atoms with Crippen LogP contribution in [0.1, 0.15) is 11.3 Å². The van der Waals surface area contributed by atoms with Crippen LogP contribution in [0.4, 0.5) is 5.69 Å². The first kappa shape index (κ1) is 19.7. The van der Waals surface area contributed by atoms with Crippen LogP contribution >= 0.6 is 35.6 Å². The zero-order valence-electron chi connectivity index (χ0n) is 15.6. The van der Waals surface area contributed by atoms with E-state index in [-0.39, 0.29) is 17.2 Å². The van der Waals surface area contributed by atoms with Gasteiger partial charge in [-0.15, -0.1) is 0 Å². The van der Waals surface area contributed by atoms with Gasteiger partial charge in [0.1, 0.15) is 5.69 Å². The van der Waals surface area contributed by atoms with Gasteiger partial charge < -0.3 is 0 Å². The van der Waals surface area contributed by atoms with Crippen molar-refractivity contribution in [1.29, 1.82) is 0 Å². The Labute approximate surface area is 182 Å². The molecule has 1 aromatic heterocycles. The number of benzene rings is 2. The molecular weight excluding hydrogens is 426 g/mol. The van der Waals surface area contributed by atoms with E-state index in [1.807, 2.05) is 48.5 Å². The smallest absolute Gasteiger partial charge is 0.283 e. The summed E-state index contributed by atoms with van der Waals surface area (Å²) in [4.78, 5) is 28.1. The molecule has 0 radical (unpaired) electrons. The van der Waals surface area contributed by atoms with Crippen LogP contribution in [0.15, 0.2) is 64.3 Å². The molecule has 5 nitrogen and oxygen atoms in total. The van der Waals surface area contributed by atoms with Crippen LogP contribution in [-0.4, -0.2) is 19.6 Å². The van der Waals surface area contributed by atoms with Crippen LogP contribution in [0.5, 0.6) is 0 Å². The lowest BCUT2D eigenvalue weighted by Crippen LogP contribution is -2.33. The molecule has 1 aliphatic heterocycles. The Hall–Kier alpha value is -2.61. The number of thiocarbonyl (C=S) groups is 1. The summed E-state index contributed by atoms with van der Waals surface area (Å²) in [6.45, 7) is 1.80. The molecule has 1 aliphatic rings.